The number of carbonyl (C=O) groups excluding carboxylic acids is 2. The minimum absolute atomic E-state index is 0.159. The van der Waals surface area contributed by atoms with Crippen LogP contribution in [0.2, 0.25) is 4.34 Å². The third kappa shape index (κ3) is 6.30. The van der Waals surface area contributed by atoms with Gasteiger partial charge < -0.3 is 15.0 Å². The monoisotopic (exact) mass is 509 g/mol. The smallest absolute Gasteiger partial charge is 0.406 e. The number of alkyl halides is 3. The Morgan fingerprint density at radius 1 is 1.34 bits per heavy atom. The number of amides is 3. The fourth-order valence-corrected chi connectivity index (χ4v) is 3.91. The van der Waals surface area contributed by atoms with Crippen molar-refractivity contribution in [1.82, 2.24) is 29.4 Å². The van der Waals surface area contributed by atoms with E-state index in [0.29, 0.717) is 4.34 Å². The number of aromatic nitrogens is 4. The summed E-state index contributed by atoms with van der Waals surface area (Å²) in [4.78, 5) is 30.0. The Balaban J connectivity index is 1.52. The Kier molecular flexibility index (Phi) is 7.20. The fraction of sp³-hybridized carbons (Fsp3) is 0.312. The molecule has 0 unspecified atom stereocenters. The van der Waals surface area contributed by atoms with Crippen molar-refractivity contribution < 1.29 is 27.5 Å². The molecule has 32 heavy (non-hydrogen) atoms. The molecule has 0 bridgehead atoms. The number of halogens is 4. The minimum atomic E-state index is -4.77. The highest BCUT2D eigenvalue weighted by atomic mass is 35.5. The molecule has 3 aromatic heterocycles. The van der Waals surface area contributed by atoms with Crippen molar-refractivity contribution in [2.24, 2.45) is 7.05 Å². The molecule has 10 nitrogen and oxygen atoms in total. The standard InChI is InChI=1S/C16H15ClF3N7O3S2/c1-26(15(29)30-9-6-27(2)24-12(9)16(18,19)20)7-11-22-14(32-25-11)23-13(28)21-5-8-3-4-10(17)31-8/h3-4,6H,5,7H2,1-2H3,(H2,21,22,23,25,28). The van der Waals surface area contributed by atoms with Gasteiger partial charge in [-0.05, 0) is 12.1 Å². The van der Waals surface area contributed by atoms with Crippen molar-refractivity contribution in [3.05, 3.63) is 39.1 Å². The van der Waals surface area contributed by atoms with Crippen molar-refractivity contribution in [2.75, 3.05) is 12.4 Å². The van der Waals surface area contributed by atoms with Gasteiger partial charge in [-0.15, -0.1) is 11.3 Å². The van der Waals surface area contributed by atoms with Crippen LogP contribution in [0, 0.1) is 0 Å². The molecule has 0 aliphatic heterocycles. The molecule has 0 atom stereocenters. The van der Waals surface area contributed by atoms with Gasteiger partial charge >= 0.3 is 18.3 Å². The summed E-state index contributed by atoms with van der Waals surface area (Å²) in [5.74, 6) is -0.550. The van der Waals surface area contributed by atoms with Gasteiger partial charge in [-0.1, -0.05) is 11.6 Å². The van der Waals surface area contributed by atoms with Crippen LogP contribution in [0.25, 0.3) is 0 Å². The van der Waals surface area contributed by atoms with Crippen LogP contribution >= 0.6 is 34.5 Å². The van der Waals surface area contributed by atoms with Gasteiger partial charge in [0.1, 0.15) is 0 Å². The molecule has 3 rings (SSSR count). The van der Waals surface area contributed by atoms with Gasteiger partial charge in [0.15, 0.2) is 11.6 Å². The average Bonchev–Trinajstić information content (AvgIpc) is 3.40. The number of thiophene rings is 1. The van der Waals surface area contributed by atoms with Crippen molar-refractivity contribution in [3.63, 3.8) is 0 Å². The molecular formula is C16H15ClF3N7O3S2. The number of hydrogen-bond donors (Lipinski definition) is 2. The number of carbonyl (C=O) groups is 2. The lowest BCUT2D eigenvalue weighted by Gasteiger charge is -2.15. The molecular weight excluding hydrogens is 495 g/mol. The summed E-state index contributed by atoms with van der Waals surface area (Å²) in [5, 5.41) is 8.58. The fourth-order valence-electron chi connectivity index (χ4n) is 2.31. The van der Waals surface area contributed by atoms with E-state index in [1.807, 2.05) is 0 Å². The van der Waals surface area contributed by atoms with E-state index >= 15 is 0 Å². The molecule has 0 saturated heterocycles. The first-order valence-corrected chi connectivity index (χ1v) is 10.6. The molecule has 0 aliphatic rings. The maximum absolute atomic E-state index is 13.0. The third-order valence-electron chi connectivity index (χ3n) is 3.69. The first kappa shape index (κ1) is 23.7. The second kappa shape index (κ2) is 9.70. The molecule has 0 radical (unpaired) electrons. The van der Waals surface area contributed by atoms with Crippen molar-refractivity contribution in [1.29, 1.82) is 0 Å². The average molecular weight is 510 g/mol. The van der Waals surface area contributed by atoms with E-state index in [9.17, 15) is 22.8 Å². The van der Waals surface area contributed by atoms with Crippen LogP contribution in [0.4, 0.5) is 27.9 Å². The Morgan fingerprint density at radius 2 is 2.09 bits per heavy atom. The molecule has 3 aromatic rings. The molecule has 0 spiro atoms. The highest BCUT2D eigenvalue weighted by Crippen LogP contribution is 2.35. The first-order chi connectivity index (χ1) is 15.0. The van der Waals surface area contributed by atoms with Crippen molar-refractivity contribution >= 4 is 51.7 Å². The van der Waals surface area contributed by atoms with Gasteiger partial charge in [-0.2, -0.15) is 22.6 Å². The minimum Gasteiger partial charge on any atom is -0.406 e. The van der Waals surface area contributed by atoms with Crippen LogP contribution in [-0.4, -0.2) is 43.2 Å². The molecule has 0 fully saturated rings. The van der Waals surface area contributed by atoms with Gasteiger partial charge in [-0.25, -0.2) is 14.6 Å². The molecule has 0 saturated carbocycles. The summed E-state index contributed by atoms with van der Waals surface area (Å²) >= 11 is 8.04. The Bertz CT molecular complexity index is 1110. The van der Waals surface area contributed by atoms with Gasteiger partial charge in [0, 0.05) is 30.5 Å². The van der Waals surface area contributed by atoms with E-state index in [4.69, 9.17) is 16.3 Å². The Labute approximate surface area is 192 Å². The number of hydrogen-bond acceptors (Lipinski definition) is 8. The van der Waals surface area contributed by atoms with Gasteiger partial charge in [-0.3, -0.25) is 10.00 Å². The second-order valence-corrected chi connectivity index (χ2v) is 8.82. The SMILES string of the molecule is CN(Cc1nsc(NC(=O)NCc2ccc(Cl)s2)n1)C(=O)Oc1cn(C)nc1C(F)(F)F. The van der Waals surface area contributed by atoms with Crippen molar-refractivity contribution in [2.45, 2.75) is 19.3 Å². The van der Waals surface area contributed by atoms with E-state index in [1.165, 1.54) is 25.4 Å². The van der Waals surface area contributed by atoms with Gasteiger partial charge in [0.2, 0.25) is 10.8 Å². The number of anilines is 1. The van der Waals surface area contributed by atoms with E-state index in [0.717, 1.165) is 32.2 Å². The Hall–Kier alpha value is -2.91. The van der Waals surface area contributed by atoms with Crippen LogP contribution < -0.4 is 15.4 Å². The predicted molar refractivity (Wildman–Crippen MR) is 111 cm³/mol. The van der Waals surface area contributed by atoms with Crippen LogP contribution in [0.5, 0.6) is 5.75 Å². The van der Waals surface area contributed by atoms with Crippen LogP contribution in [0.3, 0.4) is 0 Å². The largest absolute Gasteiger partial charge is 0.438 e. The van der Waals surface area contributed by atoms with Gasteiger partial charge in [0.05, 0.1) is 23.6 Å². The summed E-state index contributed by atoms with van der Waals surface area (Å²) in [6.45, 7) is 0.117. The number of rotatable bonds is 6. The summed E-state index contributed by atoms with van der Waals surface area (Å²) in [6, 6.07) is 2.99. The summed E-state index contributed by atoms with van der Waals surface area (Å²) in [7, 11) is 2.58. The number of ether oxygens (including phenoxy) is 1. The number of aryl methyl sites for hydroxylation is 1. The van der Waals surface area contributed by atoms with E-state index in [2.05, 4.69) is 25.1 Å². The number of nitrogens with zero attached hydrogens (tertiary/aromatic N) is 5. The molecule has 0 aliphatic carbocycles. The molecule has 16 heteroatoms. The number of urea groups is 1. The van der Waals surface area contributed by atoms with E-state index < -0.39 is 29.7 Å². The third-order valence-corrected chi connectivity index (χ3v) is 5.59. The topological polar surface area (TPSA) is 114 Å². The highest BCUT2D eigenvalue weighted by molar-refractivity contribution is 7.16. The lowest BCUT2D eigenvalue weighted by molar-refractivity contribution is -0.142. The second-order valence-electron chi connectivity index (χ2n) is 6.27. The van der Waals surface area contributed by atoms with Crippen LogP contribution in [0.1, 0.15) is 16.4 Å². The molecule has 172 valence electrons. The lowest BCUT2D eigenvalue weighted by atomic mass is 10.4. The first-order valence-electron chi connectivity index (χ1n) is 8.66. The zero-order valence-electron chi connectivity index (χ0n) is 16.4. The number of nitrogens with one attached hydrogen (secondary N) is 2. The molecule has 3 heterocycles. The highest BCUT2D eigenvalue weighted by Gasteiger charge is 2.39. The quantitative estimate of drug-likeness (QED) is 0.520. The maximum Gasteiger partial charge on any atom is 0.438 e. The van der Waals surface area contributed by atoms with Crippen LogP contribution in [-0.2, 0) is 26.3 Å². The molecule has 0 aromatic carbocycles. The van der Waals surface area contributed by atoms with E-state index in [1.54, 1.807) is 12.1 Å². The van der Waals surface area contributed by atoms with Crippen LogP contribution in [0.15, 0.2) is 18.3 Å². The predicted octanol–water partition coefficient (Wildman–Crippen LogP) is 3.96. The Morgan fingerprint density at radius 3 is 2.75 bits per heavy atom. The maximum atomic E-state index is 13.0. The summed E-state index contributed by atoms with van der Waals surface area (Å²) in [5.41, 5.74) is -1.31. The zero-order chi connectivity index (χ0) is 23.5. The normalized spacial score (nSPS) is 11.3. The van der Waals surface area contributed by atoms with E-state index in [-0.39, 0.29) is 24.0 Å². The zero-order valence-corrected chi connectivity index (χ0v) is 18.8. The summed E-state index contributed by atoms with van der Waals surface area (Å²) in [6.07, 6.45) is -4.89. The lowest BCUT2D eigenvalue weighted by Crippen LogP contribution is -2.30. The summed E-state index contributed by atoms with van der Waals surface area (Å²) < 4.78 is 49.3. The van der Waals surface area contributed by atoms with Gasteiger partial charge in [0.25, 0.3) is 0 Å². The molecule has 2 N–H and O–H groups in total. The van der Waals surface area contributed by atoms with Crippen molar-refractivity contribution in [3.8, 4) is 5.75 Å². The molecule has 3 amide bonds.